The Hall–Kier alpha value is -0.123. The Morgan fingerprint density at radius 1 is 1.00 bits per heavy atom. The van der Waals surface area contributed by atoms with Crippen molar-refractivity contribution in [2.75, 3.05) is 26.2 Å². The highest BCUT2D eigenvalue weighted by molar-refractivity contribution is 6.16. The van der Waals surface area contributed by atoms with Crippen LogP contribution in [0, 0.1) is 0 Å². The summed E-state index contributed by atoms with van der Waals surface area (Å²) in [7, 11) is 1.13. The lowest BCUT2D eigenvalue weighted by atomic mass is 10.2. The quantitative estimate of drug-likeness (QED) is 0.644. The van der Waals surface area contributed by atoms with Gasteiger partial charge in [0.2, 0.25) is 0 Å². The van der Waals surface area contributed by atoms with Crippen LogP contribution in [0.5, 0.6) is 0 Å². The Balaban J connectivity index is 0. The van der Waals surface area contributed by atoms with Crippen LogP contribution in [-0.2, 0) is 0 Å². The maximum absolute atomic E-state index is 3.42. The molecule has 17 heavy (non-hydrogen) atoms. The van der Waals surface area contributed by atoms with Gasteiger partial charge in [-0.3, -0.25) is 4.90 Å². The predicted molar refractivity (Wildman–Crippen MR) is 84.9 cm³/mol. The summed E-state index contributed by atoms with van der Waals surface area (Å²) in [5.74, 6) is 0. The second-order valence-corrected chi connectivity index (χ2v) is 5.68. The molecule has 3 heteroatoms. The maximum atomic E-state index is 3.42. The minimum Gasteiger partial charge on any atom is -0.303 e. The summed E-state index contributed by atoms with van der Waals surface area (Å²) in [5, 5.41) is 0. The predicted octanol–water partition coefficient (Wildman–Crippen LogP) is 1.94. The lowest BCUT2D eigenvalue weighted by Gasteiger charge is -2.32. The molecule has 0 unspecified atom stereocenters. The molecule has 0 heterocycles. The van der Waals surface area contributed by atoms with E-state index < -0.39 is 0 Å². The average Bonchev–Trinajstić information content (AvgIpc) is 2.24. The van der Waals surface area contributed by atoms with E-state index in [1.807, 2.05) is 5.70 Å². The molecule has 0 spiro atoms. The van der Waals surface area contributed by atoms with Gasteiger partial charge in [-0.1, -0.05) is 13.8 Å². The van der Waals surface area contributed by atoms with Crippen LogP contribution >= 0.6 is 0 Å². The maximum Gasteiger partial charge on any atom is 0.0283 e. The lowest BCUT2D eigenvalue weighted by Crippen LogP contribution is -2.42. The summed E-state index contributed by atoms with van der Waals surface area (Å²) in [5.41, 5.74) is 1.89. The fraction of sp³-hybridized carbons (Fsp3) is 0.857. The van der Waals surface area contributed by atoms with Crippen molar-refractivity contribution in [3.05, 3.63) is 12.3 Å². The molecular weight excluding hydrogens is 224 g/mol. The first-order valence-electron chi connectivity index (χ1n) is 6.99. The zero-order valence-corrected chi connectivity index (χ0v) is 15.2. The Labute approximate surface area is 112 Å². The third-order valence-electron chi connectivity index (χ3n) is 2.90. The highest BCUT2D eigenvalue weighted by Gasteiger charge is 2.13. The summed E-state index contributed by atoms with van der Waals surface area (Å²) < 4.78 is 0. The third kappa shape index (κ3) is 10.7. The van der Waals surface area contributed by atoms with Gasteiger partial charge in [-0.25, -0.2) is 0 Å². The van der Waals surface area contributed by atoms with E-state index in [2.05, 4.69) is 57.9 Å². The first kappa shape index (κ1) is 19.2. The molecule has 0 atom stereocenters. The average molecular weight is 259 g/mol. The largest absolute Gasteiger partial charge is 0.303 e. The van der Waals surface area contributed by atoms with E-state index in [0.717, 1.165) is 10.2 Å². The van der Waals surface area contributed by atoms with Gasteiger partial charge in [0.15, 0.2) is 0 Å². The van der Waals surface area contributed by atoms with Crippen molar-refractivity contribution in [3.8, 4) is 0 Å². The molecule has 104 valence electrons. The molecule has 0 fully saturated rings. The van der Waals surface area contributed by atoms with Gasteiger partial charge in [-0.15, -0.1) is 12.3 Å². The van der Waals surface area contributed by atoms with Crippen LogP contribution in [0.1, 0.15) is 41.5 Å². The normalized spacial score (nSPS) is 11.2. The van der Waals surface area contributed by atoms with Crippen molar-refractivity contribution in [3.63, 3.8) is 0 Å². The molecule has 0 aliphatic carbocycles. The molecule has 0 aromatic carbocycles. The van der Waals surface area contributed by atoms with Crippen molar-refractivity contribution < 1.29 is 0 Å². The first-order valence-corrected chi connectivity index (χ1v) is 8.15. The summed E-state index contributed by atoms with van der Waals surface area (Å²) >= 11 is 0. The van der Waals surface area contributed by atoms with E-state index in [1.54, 1.807) is 0 Å². The topological polar surface area (TPSA) is 6.48 Å². The fourth-order valence-corrected chi connectivity index (χ4v) is 1.91. The molecule has 0 radical (unpaired) electrons. The summed E-state index contributed by atoms with van der Waals surface area (Å²) in [6.45, 7) is 21.7. The molecule has 0 saturated carbocycles. The molecule has 0 saturated heterocycles. The number of likely N-dealkylation sites (N-methyl/N-ethyl adjacent to an activating group) is 1. The molecule has 2 nitrogen and oxygen atoms in total. The summed E-state index contributed by atoms with van der Waals surface area (Å²) in [6.07, 6.45) is 0. The van der Waals surface area contributed by atoms with Crippen molar-refractivity contribution in [1.82, 2.24) is 9.80 Å². The van der Waals surface area contributed by atoms with Crippen molar-refractivity contribution in [2.24, 2.45) is 0 Å². The van der Waals surface area contributed by atoms with Crippen LogP contribution in [0.4, 0.5) is 0 Å². The smallest absolute Gasteiger partial charge is 0.0283 e. The zero-order chi connectivity index (χ0) is 13.8. The molecule has 0 aromatic rings. The molecule has 0 bridgehead atoms. The number of hydrogen-bond acceptors (Lipinski definition) is 2. The van der Waals surface area contributed by atoms with E-state index >= 15 is 0 Å². The standard InChI is InChI=1S/C12H28N2.C2H6Si/c1-7-13(8-2)9-10-14(11(3)4)12(5)6;1-2-3/h11-12H,7-10H2,1-6H3;2H,1H2,3H3. The number of rotatable bonds is 7. The molecule has 0 N–H and O–H groups in total. The van der Waals surface area contributed by atoms with Crippen molar-refractivity contribution >= 4 is 10.2 Å². The SMILES string of the molecule is C=C[SiH3].CCN(CC)CCN(C(C)C)C(C)C. The van der Waals surface area contributed by atoms with Gasteiger partial charge < -0.3 is 4.90 Å². The Kier molecular flexibility index (Phi) is 13.9. The zero-order valence-electron chi connectivity index (χ0n) is 13.2. The summed E-state index contributed by atoms with van der Waals surface area (Å²) in [6, 6.07) is 1.32. The van der Waals surface area contributed by atoms with Gasteiger partial charge in [0.25, 0.3) is 0 Å². The third-order valence-corrected chi connectivity index (χ3v) is 2.90. The molecule has 0 rings (SSSR count). The van der Waals surface area contributed by atoms with E-state index in [0.29, 0.717) is 12.1 Å². The van der Waals surface area contributed by atoms with Crippen molar-refractivity contribution in [2.45, 2.75) is 53.6 Å². The highest BCUT2D eigenvalue weighted by Crippen LogP contribution is 2.04. The van der Waals surface area contributed by atoms with Crippen LogP contribution in [-0.4, -0.2) is 58.3 Å². The van der Waals surface area contributed by atoms with Gasteiger partial charge in [-0.05, 0) is 40.8 Å². The van der Waals surface area contributed by atoms with Crippen LogP contribution in [0.3, 0.4) is 0 Å². The van der Waals surface area contributed by atoms with Crippen molar-refractivity contribution in [1.29, 1.82) is 0 Å². The molecular formula is C14H34N2Si. The Morgan fingerprint density at radius 3 is 1.59 bits per heavy atom. The van der Waals surface area contributed by atoms with Gasteiger partial charge in [0, 0.05) is 35.4 Å². The van der Waals surface area contributed by atoms with Gasteiger partial charge >= 0.3 is 0 Å². The van der Waals surface area contributed by atoms with E-state index in [4.69, 9.17) is 0 Å². The Bertz CT molecular complexity index is 158. The molecule has 0 amide bonds. The second-order valence-electron chi connectivity index (χ2n) is 4.86. The molecule has 0 aliphatic heterocycles. The Morgan fingerprint density at radius 2 is 1.35 bits per heavy atom. The van der Waals surface area contributed by atoms with Gasteiger partial charge in [0.1, 0.15) is 0 Å². The minimum absolute atomic E-state index is 0.658. The van der Waals surface area contributed by atoms with Crippen LogP contribution < -0.4 is 0 Å². The minimum atomic E-state index is 0.658. The van der Waals surface area contributed by atoms with E-state index in [-0.39, 0.29) is 0 Å². The van der Waals surface area contributed by atoms with E-state index in [9.17, 15) is 0 Å². The molecule has 0 aliphatic rings. The fourth-order valence-electron chi connectivity index (χ4n) is 1.91. The number of hydrogen-bond donors (Lipinski definition) is 0. The lowest BCUT2D eigenvalue weighted by molar-refractivity contribution is 0.147. The van der Waals surface area contributed by atoms with Gasteiger partial charge in [0.05, 0.1) is 0 Å². The monoisotopic (exact) mass is 258 g/mol. The van der Waals surface area contributed by atoms with Gasteiger partial charge in [-0.2, -0.15) is 0 Å². The second kappa shape index (κ2) is 12.3. The summed E-state index contributed by atoms with van der Waals surface area (Å²) in [4.78, 5) is 5.04. The van der Waals surface area contributed by atoms with Crippen LogP contribution in [0.2, 0.25) is 0 Å². The van der Waals surface area contributed by atoms with Crippen LogP contribution in [0.25, 0.3) is 0 Å². The highest BCUT2D eigenvalue weighted by atomic mass is 28.1. The van der Waals surface area contributed by atoms with E-state index in [1.165, 1.54) is 26.2 Å². The number of nitrogens with zero attached hydrogens (tertiary/aromatic N) is 2. The van der Waals surface area contributed by atoms with Crippen LogP contribution in [0.15, 0.2) is 12.3 Å². The first-order chi connectivity index (χ1) is 7.94. The molecule has 0 aromatic heterocycles.